The Hall–Kier alpha value is -2.08. The molecule has 0 aromatic heterocycles. The number of rotatable bonds is 4. The van der Waals surface area contributed by atoms with Gasteiger partial charge in [-0.05, 0) is 42.7 Å². The molecule has 0 spiro atoms. The van der Waals surface area contributed by atoms with Gasteiger partial charge in [-0.15, -0.1) is 0 Å². The first kappa shape index (κ1) is 17.3. The molecule has 5 nitrogen and oxygen atoms in total. The van der Waals surface area contributed by atoms with Crippen molar-refractivity contribution in [3.05, 3.63) is 36.4 Å². The van der Waals surface area contributed by atoms with Crippen molar-refractivity contribution in [2.75, 3.05) is 23.9 Å². The molecule has 26 heavy (non-hydrogen) atoms. The van der Waals surface area contributed by atoms with Gasteiger partial charge in [-0.25, -0.2) is 8.42 Å². The Morgan fingerprint density at radius 3 is 2.54 bits per heavy atom. The molecule has 1 amide bonds. The number of piperidine rings is 1. The van der Waals surface area contributed by atoms with Crippen LogP contribution in [0, 0.1) is 5.92 Å². The summed E-state index contributed by atoms with van der Waals surface area (Å²) in [6.07, 6.45) is 3.05. The highest BCUT2D eigenvalue weighted by molar-refractivity contribution is 7.93. The first-order chi connectivity index (χ1) is 12.5. The number of sulfonamides is 1. The van der Waals surface area contributed by atoms with Crippen molar-refractivity contribution in [2.24, 2.45) is 5.92 Å². The number of nitrogens with zero attached hydrogens (tertiary/aromatic N) is 2. The van der Waals surface area contributed by atoms with E-state index in [1.54, 1.807) is 12.1 Å². The lowest BCUT2D eigenvalue weighted by atomic mass is 9.99. The molecule has 0 radical (unpaired) electrons. The van der Waals surface area contributed by atoms with E-state index >= 15 is 0 Å². The van der Waals surface area contributed by atoms with Crippen LogP contribution in [-0.2, 0) is 14.8 Å². The maximum atomic E-state index is 12.9. The quantitative estimate of drug-likeness (QED) is 0.827. The van der Waals surface area contributed by atoms with E-state index in [9.17, 15) is 13.2 Å². The van der Waals surface area contributed by atoms with Gasteiger partial charge in [-0.2, -0.15) is 0 Å². The molecule has 2 heterocycles. The van der Waals surface area contributed by atoms with Crippen molar-refractivity contribution >= 4 is 32.4 Å². The number of amides is 1. The molecule has 2 aliphatic rings. The lowest BCUT2D eigenvalue weighted by molar-refractivity contribution is -0.132. The van der Waals surface area contributed by atoms with Gasteiger partial charge in [0.15, 0.2) is 0 Å². The van der Waals surface area contributed by atoms with Crippen molar-refractivity contribution in [3.8, 4) is 0 Å². The van der Waals surface area contributed by atoms with Gasteiger partial charge in [0.1, 0.15) is 0 Å². The maximum absolute atomic E-state index is 12.9. The second-order valence-corrected chi connectivity index (χ2v) is 9.21. The Morgan fingerprint density at radius 1 is 1.12 bits per heavy atom. The largest absolute Gasteiger partial charge is 0.343 e. The molecule has 0 aliphatic carbocycles. The fourth-order valence-electron chi connectivity index (χ4n) is 3.99. The second-order valence-electron chi connectivity index (χ2n) is 7.38. The summed E-state index contributed by atoms with van der Waals surface area (Å²) >= 11 is 0. The van der Waals surface area contributed by atoms with Gasteiger partial charge in [-0.3, -0.25) is 9.10 Å². The molecular weight excluding hydrogens is 348 g/mol. The van der Waals surface area contributed by atoms with E-state index in [1.165, 1.54) is 4.31 Å². The van der Waals surface area contributed by atoms with Crippen LogP contribution in [0.2, 0.25) is 0 Å². The monoisotopic (exact) mass is 372 g/mol. The van der Waals surface area contributed by atoms with Crippen LogP contribution >= 0.6 is 0 Å². The molecule has 1 fully saturated rings. The highest BCUT2D eigenvalue weighted by Crippen LogP contribution is 2.41. The molecular formula is C20H24N2O3S. The first-order valence-corrected chi connectivity index (χ1v) is 10.7. The van der Waals surface area contributed by atoms with E-state index in [4.69, 9.17) is 0 Å². The predicted molar refractivity (Wildman–Crippen MR) is 103 cm³/mol. The third-order valence-corrected chi connectivity index (χ3v) is 7.42. The number of hydrogen-bond acceptors (Lipinski definition) is 3. The highest BCUT2D eigenvalue weighted by Gasteiger charge is 2.35. The molecule has 1 saturated heterocycles. The van der Waals surface area contributed by atoms with E-state index in [2.05, 4.69) is 6.92 Å². The Balaban J connectivity index is 1.46. The molecule has 0 bridgehead atoms. The molecule has 2 aromatic carbocycles. The van der Waals surface area contributed by atoms with E-state index < -0.39 is 10.0 Å². The smallest absolute Gasteiger partial charge is 0.265 e. The fourth-order valence-corrected chi connectivity index (χ4v) is 5.74. The Kier molecular flexibility index (Phi) is 4.39. The minimum atomic E-state index is -3.52. The van der Waals surface area contributed by atoms with Gasteiger partial charge in [0, 0.05) is 31.4 Å². The molecule has 4 rings (SSSR count). The SMILES string of the molecule is CC1CCN(C(=O)CCCN2c3cccc4cccc(c34)S2(=O)=O)CC1. The number of anilines is 1. The van der Waals surface area contributed by atoms with Crippen molar-refractivity contribution in [1.29, 1.82) is 0 Å². The third-order valence-electron chi connectivity index (χ3n) is 5.57. The van der Waals surface area contributed by atoms with E-state index in [0.717, 1.165) is 42.4 Å². The molecule has 2 aliphatic heterocycles. The molecule has 138 valence electrons. The molecule has 6 heteroatoms. The van der Waals surface area contributed by atoms with Crippen molar-refractivity contribution in [3.63, 3.8) is 0 Å². The zero-order chi connectivity index (χ0) is 18.3. The van der Waals surface area contributed by atoms with Crippen LogP contribution < -0.4 is 4.31 Å². The zero-order valence-electron chi connectivity index (χ0n) is 15.0. The summed E-state index contributed by atoms with van der Waals surface area (Å²) in [5.74, 6) is 0.831. The average Bonchev–Trinajstić information content (AvgIpc) is 2.85. The minimum absolute atomic E-state index is 0.143. The topological polar surface area (TPSA) is 57.7 Å². The lowest BCUT2D eigenvalue weighted by Crippen LogP contribution is -2.38. The van der Waals surface area contributed by atoms with Gasteiger partial charge >= 0.3 is 0 Å². The summed E-state index contributed by atoms with van der Waals surface area (Å²) in [5.41, 5.74) is 0.734. The Labute approximate surface area is 154 Å². The van der Waals surface area contributed by atoms with Gasteiger partial charge in [0.2, 0.25) is 5.91 Å². The first-order valence-electron chi connectivity index (χ1n) is 9.31. The van der Waals surface area contributed by atoms with Crippen LogP contribution in [0.15, 0.2) is 41.3 Å². The molecule has 0 saturated carbocycles. The third kappa shape index (κ3) is 2.86. The predicted octanol–water partition coefficient (Wildman–Crippen LogP) is 3.39. The number of hydrogen-bond donors (Lipinski definition) is 0. The van der Waals surface area contributed by atoms with Crippen LogP contribution in [0.4, 0.5) is 5.69 Å². The van der Waals surface area contributed by atoms with Gasteiger partial charge in [0.05, 0.1) is 10.6 Å². The van der Waals surface area contributed by atoms with E-state index in [-0.39, 0.29) is 5.91 Å². The molecule has 0 atom stereocenters. The summed E-state index contributed by atoms with van der Waals surface area (Å²) in [5, 5.41) is 1.73. The van der Waals surface area contributed by atoms with Gasteiger partial charge in [0.25, 0.3) is 10.0 Å². The molecule has 2 aromatic rings. The Morgan fingerprint density at radius 2 is 1.81 bits per heavy atom. The van der Waals surface area contributed by atoms with E-state index in [1.807, 2.05) is 29.2 Å². The standard InChI is InChI=1S/C20H24N2O3S/c1-15-10-13-21(14-11-15)19(23)9-4-12-22-17-7-2-5-16-6-3-8-18(20(16)17)26(22,24)25/h2-3,5-8,15H,4,9-14H2,1H3. The van der Waals surface area contributed by atoms with E-state index in [0.29, 0.717) is 30.2 Å². The lowest BCUT2D eigenvalue weighted by Gasteiger charge is -2.30. The average molecular weight is 372 g/mol. The van der Waals surface area contributed by atoms with Crippen molar-refractivity contribution < 1.29 is 13.2 Å². The van der Waals surface area contributed by atoms with Crippen LogP contribution in [0.5, 0.6) is 0 Å². The van der Waals surface area contributed by atoms with Crippen molar-refractivity contribution in [1.82, 2.24) is 4.90 Å². The van der Waals surface area contributed by atoms with Gasteiger partial charge in [-0.1, -0.05) is 31.2 Å². The number of carbonyl (C=O) groups excluding carboxylic acids is 1. The van der Waals surface area contributed by atoms with Crippen LogP contribution in [-0.4, -0.2) is 38.9 Å². The number of carbonyl (C=O) groups is 1. The summed E-state index contributed by atoms with van der Waals surface area (Å²) in [6.45, 7) is 4.21. The zero-order valence-corrected chi connectivity index (χ0v) is 15.8. The summed E-state index contributed by atoms with van der Waals surface area (Å²) in [6, 6.07) is 11.1. The van der Waals surface area contributed by atoms with Crippen LogP contribution in [0.1, 0.15) is 32.6 Å². The summed E-state index contributed by atoms with van der Waals surface area (Å²) < 4.78 is 27.3. The van der Waals surface area contributed by atoms with Crippen LogP contribution in [0.3, 0.4) is 0 Å². The summed E-state index contributed by atoms with van der Waals surface area (Å²) in [4.78, 5) is 14.7. The molecule has 0 unspecified atom stereocenters. The van der Waals surface area contributed by atoms with Crippen molar-refractivity contribution in [2.45, 2.75) is 37.5 Å². The minimum Gasteiger partial charge on any atom is -0.343 e. The van der Waals surface area contributed by atoms with Gasteiger partial charge < -0.3 is 4.90 Å². The molecule has 0 N–H and O–H groups in total. The normalized spacial score (nSPS) is 19.3. The maximum Gasteiger partial charge on any atom is 0.265 e. The summed E-state index contributed by atoms with van der Waals surface area (Å²) in [7, 11) is -3.52. The van der Waals surface area contributed by atoms with Crippen LogP contribution in [0.25, 0.3) is 10.8 Å². The number of benzene rings is 2. The number of likely N-dealkylation sites (tertiary alicyclic amines) is 1. The second kappa shape index (κ2) is 6.58. The highest BCUT2D eigenvalue weighted by atomic mass is 32.2. The Bertz CT molecular complexity index is 941. The fraction of sp³-hybridized carbons (Fsp3) is 0.450.